The predicted molar refractivity (Wildman–Crippen MR) is 115 cm³/mol. The minimum atomic E-state index is 0.317. The van der Waals surface area contributed by atoms with E-state index in [-0.39, 0.29) is 0 Å². The van der Waals surface area contributed by atoms with Crippen molar-refractivity contribution in [3.63, 3.8) is 0 Å². The normalized spacial score (nSPS) is 10.4. The van der Waals surface area contributed by atoms with Crippen LogP contribution in [-0.4, -0.2) is 25.5 Å². The molecule has 0 aliphatic carbocycles. The molecule has 1 rings (SSSR count). The van der Waals surface area contributed by atoms with Gasteiger partial charge in [0.15, 0.2) is 0 Å². The maximum absolute atomic E-state index is 5.98. The van der Waals surface area contributed by atoms with E-state index < -0.39 is 0 Å². The van der Waals surface area contributed by atoms with E-state index in [2.05, 4.69) is 66.8 Å². The lowest BCUT2D eigenvalue weighted by Crippen LogP contribution is -2.06. The molecule has 140 valence electrons. The average Bonchev–Trinajstić information content (AvgIpc) is 2.51. The number of halogens is 3. The van der Waals surface area contributed by atoms with Crippen LogP contribution in [0.4, 0.5) is 0 Å². The summed E-state index contributed by atoms with van der Waals surface area (Å²) in [7, 11) is 0. The molecule has 1 aromatic rings. The second-order valence-electron chi connectivity index (χ2n) is 5.86. The van der Waals surface area contributed by atoms with Crippen molar-refractivity contribution in [1.82, 2.24) is 0 Å². The molecular weight excluding hydrogens is 518 g/mol. The van der Waals surface area contributed by atoms with Gasteiger partial charge in [0.2, 0.25) is 0 Å². The van der Waals surface area contributed by atoms with Gasteiger partial charge in [-0.3, -0.25) is 0 Å². The van der Waals surface area contributed by atoms with Crippen molar-refractivity contribution in [3.05, 3.63) is 31.6 Å². The van der Waals surface area contributed by atoms with Crippen molar-refractivity contribution in [2.75, 3.05) is 19.8 Å². The first-order valence-electron chi connectivity index (χ1n) is 8.04. The van der Waals surface area contributed by atoms with Crippen LogP contribution >= 0.6 is 47.8 Å². The Kier molecular flexibility index (Phi) is 10.8. The summed E-state index contributed by atoms with van der Waals surface area (Å²) in [5.74, 6) is 1.98. The first kappa shape index (κ1) is 22.5. The van der Waals surface area contributed by atoms with Crippen molar-refractivity contribution in [2.45, 2.75) is 40.0 Å². The summed E-state index contributed by atoms with van der Waals surface area (Å²) in [6.07, 6.45) is 2.66. The van der Waals surface area contributed by atoms with Gasteiger partial charge in [-0.05, 0) is 85.8 Å². The molecule has 0 aliphatic rings. The van der Waals surface area contributed by atoms with Gasteiger partial charge in [0.1, 0.15) is 24.7 Å². The fourth-order valence-electron chi connectivity index (χ4n) is 1.93. The number of rotatable bonds is 10. The molecule has 4 nitrogen and oxygen atoms in total. The molecule has 0 amide bonds. The minimum Gasteiger partial charge on any atom is -0.492 e. The fraction of sp³-hybridized carbons (Fsp3) is 0.500. The molecule has 0 saturated carbocycles. The maximum atomic E-state index is 5.98. The molecule has 0 saturated heterocycles. The summed E-state index contributed by atoms with van der Waals surface area (Å²) in [6.45, 7) is 9.65. The van der Waals surface area contributed by atoms with E-state index in [0.29, 0.717) is 25.7 Å². The van der Waals surface area contributed by atoms with Gasteiger partial charge in [0, 0.05) is 12.0 Å². The molecule has 7 heteroatoms. The Balaban J connectivity index is 2.71. The van der Waals surface area contributed by atoms with Gasteiger partial charge in [-0.25, -0.2) is 0 Å². The number of hydrogen-bond donors (Lipinski definition) is 0. The van der Waals surface area contributed by atoms with Crippen molar-refractivity contribution in [1.29, 1.82) is 0 Å². The van der Waals surface area contributed by atoms with Crippen molar-refractivity contribution >= 4 is 53.5 Å². The topological polar surface area (TPSA) is 40.0 Å². The van der Waals surface area contributed by atoms with Crippen molar-refractivity contribution in [3.8, 4) is 11.5 Å². The van der Waals surface area contributed by atoms with Crippen molar-refractivity contribution < 1.29 is 14.3 Å². The Morgan fingerprint density at radius 1 is 1.16 bits per heavy atom. The van der Waals surface area contributed by atoms with E-state index in [4.69, 9.17) is 14.3 Å². The van der Waals surface area contributed by atoms with Crippen LogP contribution in [0.25, 0.3) is 0 Å². The molecule has 1 aromatic carbocycles. The number of nitrogens with zero attached hydrogens (tertiary/aromatic N) is 1. The van der Waals surface area contributed by atoms with E-state index in [1.54, 1.807) is 0 Å². The van der Waals surface area contributed by atoms with Crippen LogP contribution in [0, 0.1) is 0 Å². The van der Waals surface area contributed by atoms with E-state index >= 15 is 0 Å². The number of oxime groups is 1. The summed E-state index contributed by atoms with van der Waals surface area (Å²) in [5, 5.41) is 3.91. The molecular formula is C18H24Br3NO3. The summed E-state index contributed by atoms with van der Waals surface area (Å²) in [4.78, 5) is 5.19. The largest absolute Gasteiger partial charge is 0.492 e. The van der Waals surface area contributed by atoms with Gasteiger partial charge in [-0.2, -0.15) is 0 Å². The number of ether oxygens (including phenoxy) is 2. The van der Waals surface area contributed by atoms with Crippen LogP contribution < -0.4 is 9.47 Å². The van der Waals surface area contributed by atoms with Gasteiger partial charge in [-0.15, -0.1) is 0 Å². The third kappa shape index (κ3) is 9.11. The van der Waals surface area contributed by atoms with Crippen LogP contribution in [0.3, 0.4) is 0 Å². The first-order valence-corrected chi connectivity index (χ1v) is 10.4. The minimum absolute atomic E-state index is 0.317. The predicted octanol–water partition coefficient (Wildman–Crippen LogP) is 6.76. The second-order valence-corrected chi connectivity index (χ2v) is 9.48. The molecule has 0 heterocycles. The molecule has 0 fully saturated rings. The highest BCUT2D eigenvalue weighted by atomic mass is 79.9. The third-order valence-electron chi connectivity index (χ3n) is 3.03. The summed E-state index contributed by atoms with van der Waals surface area (Å²) in [5.41, 5.74) is 2.01. The van der Waals surface area contributed by atoms with E-state index in [9.17, 15) is 0 Å². The van der Waals surface area contributed by atoms with Gasteiger partial charge in [0.05, 0.1) is 20.2 Å². The smallest absolute Gasteiger partial charge is 0.137 e. The van der Waals surface area contributed by atoms with Crippen LogP contribution in [0.1, 0.15) is 45.6 Å². The van der Waals surface area contributed by atoms with Crippen LogP contribution in [0.15, 0.2) is 31.2 Å². The zero-order chi connectivity index (χ0) is 18.8. The summed E-state index contributed by atoms with van der Waals surface area (Å²) < 4.78 is 13.5. The zero-order valence-corrected chi connectivity index (χ0v) is 19.7. The number of hydrogen-bond acceptors (Lipinski definition) is 4. The Hall–Kier alpha value is -0.530. The Labute approximate surface area is 175 Å². The molecule has 25 heavy (non-hydrogen) atoms. The molecule has 0 bridgehead atoms. The Bertz CT molecular complexity index is 608. The lowest BCUT2D eigenvalue weighted by molar-refractivity contribution is 0.127. The quantitative estimate of drug-likeness (QED) is 0.186. The summed E-state index contributed by atoms with van der Waals surface area (Å²) >= 11 is 10.2. The molecule has 0 aromatic heterocycles. The fourth-order valence-corrected chi connectivity index (χ4v) is 2.76. The molecule has 0 N–H and O–H groups in total. The third-order valence-corrected chi connectivity index (χ3v) is 4.27. The average molecular weight is 542 g/mol. The monoisotopic (exact) mass is 539 g/mol. The molecule has 0 radical (unpaired) electrons. The highest BCUT2D eigenvalue weighted by Crippen LogP contribution is 2.38. The van der Waals surface area contributed by atoms with Crippen molar-refractivity contribution in [2.24, 2.45) is 5.16 Å². The summed E-state index contributed by atoms with van der Waals surface area (Å²) in [6, 6.07) is 3.96. The van der Waals surface area contributed by atoms with Gasteiger partial charge < -0.3 is 14.3 Å². The van der Waals surface area contributed by atoms with Crippen LogP contribution in [-0.2, 0) is 4.84 Å². The SMILES string of the molecule is CC(C)=NOCCCOc1c(Br)cc(OCC=C(Br)Br)cc1C(C)C. The lowest BCUT2D eigenvalue weighted by Gasteiger charge is -2.17. The Morgan fingerprint density at radius 3 is 2.48 bits per heavy atom. The molecule has 0 unspecified atom stereocenters. The maximum Gasteiger partial charge on any atom is 0.137 e. The second kappa shape index (κ2) is 12.0. The molecule has 0 atom stereocenters. The van der Waals surface area contributed by atoms with Gasteiger partial charge >= 0.3 is 0 Å². The van der Waals surface area contributed by atoms with Crippen LogP contribution in [0.5, 0.6) is 11.5 Å². The van der Waals surface area contributed by atoms with Crippen LogP contribution in [0.2, 0.25) is 0 Å². The van der Waals surface area contributed by atoms with Gasteiger partial charge in [-0.1, -0.05) is 19.0 Å². The number of benzene rings is 1. The zero-order valence-electron chi connectivity index (χ0n) is 14.9. The lowest BCUT2D eigenvalue weighted by atomic mass is 10.0. The molecule has 0 spiro atoms. The van der Waals surface area contributed by atoms with E-state index in [1.165, 1.54) is 0 Å². The standard InChI is InChI=1S/C18H24Br3NO3/c1-12(2)15-10-14(23-9-6-17(20)21)11-16(19)18(15)24-7-5-8-25-22-13(3)4/h6,10-12H,5,7-9H2,1-4H3. The highest BCUT2D eigenvalue weighted by Gasteiger charge is 2.14. The van der Waals surface area contributed by atoms with E-state index in [0.717, 1.165) is 37.1 Å². The molecule has 0 aliphatic heterocycles. The van der Waals surface area contributed by atoms with Gasteiger partial charge in [0.25, 0.3) is 0 Å². The van der Waals surface area contributed by atoms with E-state index in [1.807, 2.05) is 32.1 Å². The highest BCUT2D eigenvalue weighted by molar-refractivity contribution is 9.28. The first-order chi connectivity index (χ1) is 11.8. The Morgan fingerprint density at radius 2 is 1.88 bits per heavy atom.